The fourth-order valence-corrected chi connectivity index (χ4v) is 2.51. The van der Waals surface area contributed by atoms with Gasteiger partial charge >= 0.3 is 5.97 Å². The summed E-state index contributed by atoms with van der Waals surface area (Å²) in [5.41, 5.74) is 0.0754. The van der Waals surface area contributed by atoms with E-state index in [1.54, 1.807) is 24.3 Å². The van der Waals surface area contributed by atoms with Crippen LogP contribution in [0.1, 0.15) is 0 Å². The number of aromatic nitrogens is 1. The van der Waals surface area contributed by atoms with E-state index >= 15 is 0 Å². The molecule has 128 valence electrons. The lowest BCUT2D eigenvalue weighted by atomic mass is 9.99. The van der Waals surface area contributed by atoms with E-state index in [0.29, 0.717) is 10.9 Å². The zero-order valence-corrected chi connectivity index (χ0v) is 12.2. The second-order valence-corrected chi connectivity index (χ2v) is 5.38. The van der Waals surface area contributed by atoms with Gasteiger partial charge in [-0.25, -0.2) is 4.79 Å². The highest BCUT2D eigenvalue weighted by Gasteiger charge is 2.48. The maximum absolute atomic E-state index is 12.4. The molecule has 0 amide bonds. The topological polar surface area (TPSA) is 149 Å². The second-order valence-electron chi connectivity index (χ2n) is 5.38. The van der Waals surface area contributed by atoms with E-state index in [1.807, 2.05) is 0 Å². The quantitative estimate of drug-likeness (QED) is 0.469. The molecule has 0 bridgehead atoms. The Morgan fingerprint density at radius 3 is 2.54 bits per heavy atom. The SMILES string of the molecule is O=C(O)[C@H]1O[C@@H](Oc2c[nH]c3ccccc3c2=O)[C@H](O)[C@@H](O)[C@@H]1O. The van der Waals surface area contributed by atoms with E-state index in [9.17, 15) is 24.9 Å². The van der Waals surface area contributed by atoms with Gasteiger partial charge in [-0.2, -0.15) is 0 Å². The van der Waals surface area contributed by atoms with Gasteiger partial charge in [0.15, 0.2) is 11.9 Å². The zero-order valence-electron chi connectivity index (χ0n) is 12.2. The van der Waals surface area contributed by atoms with Gasteiger partial charge in [0.1, 0.15) is 18.3 Å². The first kappa shape index (κ1) is 16.4. The summed E-state index contributed by atoms with van der Waals surface area (Å²) in [5, 5.41) is 38.6. The zero-order chi connectivity index (χ0) is 17.4. The molecule has 0 aliphatic carbocycles. The largest absolute Gasteiger partial charge is 0.479 e. The molecule has 9 heteroatoms. The van der Waals surface area contributed by atoms with Gasteiger partial charge in [-0.15, -0.1) is 0 Å². The molecule has 9 nitrogen and oxygen atoms in total. The number of carboxylic acids is 1. The highest BCUT2D eigenvalue weighted by molar-refractivity contribution is 5.79. The summed E-state index contributed by atoms with van der Waals surface area (Å²) in [6.45, 7) is 0. The normalized spacial score (nSPS) is 30.2. The van der Waals surface area contributed by atoms with Crippen LogP contribution in [0.5, 0.6) is 5.75 Å². The van der Waals surface area contributed by atoms with E-state index in [0.717, 1.165) is 0 Å². The molecule has 1 saturated heterocycles. The van der Waals surface area contributed by atoms with Gasteiger partial charge in [-0.3, -0.25) is 4.79 Å². The van der Waals surface area contributed by atoms with Gasteiger partial charge in [0, 0.05) is 17.1 Å². The number of aliphatic hydroxyl groups excluding tert-OH is 3. The molecule has 3 rings (SSSR count). The molecule has 5 atom stereocenters. The van der Waals surface area contributed by atoms with Crippen molar-refractivity contribution in [2.45, 2.75) is 30.7 Å². The van der Waals surface area contributed by atoms with E-state index < -0.39 is 42.1 Å². The third-order valence-electron chi connectivity index (χ3n) is 3.81. The number of aromatic amines is 1. The lowest BCUT2D eigenvalue weighted by molar-refractivity contribution is -0.271. The monoisotopic (exact) mass is 337 g/mol. The third-order valence-corrected chi connectivity index (χ3v) is 3.81. The van der Waals surface area contributed by atoms with Crippen LogP contribution in [0.4, 0.5) is 0 Å². The molecular weight excluding hydrogens is 322 g/mol. The van der Waals surface area contributed by atoms with E-state index in [2.05, 4.69) is 4.98 Å². The van der Waals surface area contributed by atoms with Crippen LogP contribution < -0.4 is 10.2 Å². The summed E-state index contributed by atoms with van der Waals surface area (Å²) in [5.74, 6) is -1.75. The average Bonchev–Trinajstić information content (AvgIpc) is 2.57. The first-order valence-electron chi connectivity index (χ1n) is 7.09. The predicted molar refractivity (Wildman–Crippen MR) is 79.5 cm³/mol. The fourth-order valence-electron chi connectivity index (χ4n) is 2.51. The van der Waals surface area contributed by atoms with Crippen molar-refractivity contribution in [2.24, 2.45) is 0 Å². The molecular formula is C15H15NO8. The smallest absolute Gasteiger partial charge is 0.335 e. The standard InChI is InChI=1S/C15H15NO8/c17-9-6-3-1-2-4-7(6)16-5-8(9)23-15-12(20)10(18)11(19)13(24-15)14(21)22/h1-5,10-13,15,18-20H,(H,16,17)(H,21,22)/t10-,11-,12+,13-,15+/m0/s1. The van der Waals surface area contributed by atoms with Crippen molar-refractivity contribution in [1.29, 1.82) is 0 Å². The molecule has 1 aromatic carbocycles. The maximum Gasteiger partial charge on any atom is 0.335 e. The number of H-pyrrole nitrogens is 1. The molecule has 0 unspecified atom stereocenters. The lowest BCUT2D eigenvalue weighted by Gasteiger charge is -2.38. The molecule has 1 aliphatic heterocycles. The number of ether oxygens (including phenoxy) is 2. The Morgan fingerprint density at radius 2 is 1.83 bits per heavy atom. The summed E-state index contributed by atoms with van der Waals surface area (Å²) >= 11 is 0. The van der Waals surface area contributed by atoms with Crippen LogP contribution in [-0.2, 0) is 9.53 Å². The van der Waals surface area contributed by atoms with Crippen molar-refractivity contribution in [1.82, 2.24) is 4.98 Å². The number of carbonyl (C=O) groups is 1. The van der Waals surface area contributed by atoms with E-state index in [4.69, 9.17) is 14.6 Å². The van der Waals surface area contributed by atoms with Gasteiger partial charge in [0.25, 0.3) is 0 Å². The number of pyridine rings is 1. The lowest BCUT2D eigenvalue weighted by Crippen LogP contribution is -2.61. The summed E-state index contributed by atoms with van der Waals surface area (Å²) < 4.78 is 10.2. The number of aliphatic carboxylic acids is 1. The molecule has 1 aliphatic rings. The average molecular weight is 337 g/mol. The van der Waals surface area contributed by atoms with Crippen LogP contribution >= 0.6 is 0 Å². The van der Waals surface area contributed by atoms with Crippen LogP contribution in [0.2, 0.25) is 0 Å². The van der Waals surface area contributed by atoms with Gasteiger partial charge in [0.2, 0.25) is 11.7 Å². The van der Waals surface area contributed by atoms with Crippen molar-refractivity contribution >= 4 is 16.9 Å². The van der Waals surface area contributed by atoms with Crippen molar-refractivity contribution in [3.63, 3.8) is 0 Å². The van der Waals surface area contributed by atoms with Crippen LogP contribution in [0.25, 0.3) is 10.9 Å². The Morgan fingerprint density at radius 1 is 1.12 bits per heavy atom. The number of aliphatic hydroxyl groups is 3. The van der Waals surface area contributed by atoms with Crippen LogP contribution in [0.15, 0.2) is 35.3 Å². The number of carboxylic acid groups (broad SMARTS) is 1. The molecule has 1 fully saturated rings. The number of fused-ring (bicyclic) bond motifs is 1. The number of nitrogens with one attached hydrogen (secondary N) is 1. The van der Waals surface area contributed by atoms with Crippen molar-refractivity contribution in [3.8, 4) is 5.75 Å². The molecule has 24 heavy (non-hydrogen) atoms. The van der Waals surface area contributed by atoms with E-state index in [-0.39, 0.29) is 5.75 Å². The Labute approximate surface area is 134 Å². The summed E-state index contributed by atoms with van der Waals surface area (Å²) in [6, 6.07) is 6.65. The van der Waals surface area contributed by atoms with Crippen LogP contribution in [0.3, 0.4) is 0 Å². The van der Waals surface area contributed by atoms with E-state index in [1.165, 1.54) is 6.20 Å². The Hall–Kier alpha value is -2.46. The van der Waals surface area contributed by atoms with Crippen molar-refractivity contribution < 1.29 is 34.7 Å². The predicted octanol–water partition coefficient (Wildman–Crippen LogP) is -1.20. The fraction of sp³-hybridized carbons (Fsp3) is 0.333. The van der Waals surface area contributed by atoms with Crippen LogP contribution in [0, 0.1) is 0 Å². The van der Waals surface area contributed by atoms with Gasteiger partial charge in [-0.1, -0.05) is 12.1 Å². The van der Waals surface area contributed by atoms with Crippen molar-refractivity contribution in [2.75, 3.05) is 0 Å². The minimum Gasteiger partial charge on any atom is -0.479 e. The Bertz CT molecular complexity index is 818. The summed E-state index contributed by atoms with van der Waals surface area (Å²) in [6.07, 6.45) is -7.55. The molecule has 0 radical (unpaired) electrons. The third kappa shape index (κ3) is 2.74. The van der Waals surface area contributed by atoms with Gasteiger partial charge in [0.05, 0.1) is 0 Å². The van der Waals surface area contributed by atoms with Gasteiger partial charge < -0.3 is 34.9 Å². The molecule has 0 saturated carbocycles. The minimum absolute atomic E-state index is 0.217. The van der Waals surface area contributed by atoms with Crippen molar-refractivity contribution in [3.05, 3.63) is 40.7 Å². The molecule has 0 spiro atoms. The number of hydrogen-bond donors (Lipinski definition) is 5. The maximum atomic E-state index is 12.4. The minimum atomic E-state index is -1.83. The Kier molecular flexibility index (Phi) is 4.24. The Balaban J connectivity index is 1.91. The highest BCUT2D eigenvalue weighted by Crippen LogP contribution is 2.23. The number of para-hydroxylation sites is 1. The van der Waals surface area contributed by atoms with Gasteiger partial charge in [-0.05, 0) is 12.1 Å². The first-order chi connectivity index (χ1) is 11.4. The molecule has 1 aromatic heterocycles. The second kappa shape index (κ2) is 6.21. The highest BCUT2D eigenvalue weighted by atomic mass is 16.7. The summed E-state index contributed by atoms with van der Waals surface area (Å²) in [4.78, 5) is 26.2. The number of benzene rings is 1. The van der Waals surface area contributed by atoms with Crippen LogP contribution in [-0.4, -0.2) is 62.1 Å². The number of rotatable bonds is 3. The molecule has 5 N–H and O–H groups in total. The molecule has 2 aromatic rings. The molecule has 2 heterocycles. The number of hydrogen-bond acceptors (Lipinski definition) is 7. The first-order valence-corrected chi connectivity index (χ1v) is 7.09. The summed E-state index contributed by atoms with van der Waals surface area (Å²) in [7, 11) is 0.